The van der Waals surface area contributed by atoms with Gasteiger partial charge in [-0.1, -0.05) is 0 Å². The summed E-state index contributed by atoms with van der Waals surface area (Å²) in [7, 11) is 1.54. The fourth-order valence-electron chi connectivity index (χ4n) is 2.90. The van der Waals surface area contributed by atoms with Gasteiger partial charge in [-0.25, -0.2) is 14.6 Å². The quantitative estimate of drug-likeness (QED) is 0.395. The zero-order valence-corrected chi connectivity index (χ0v) is 17.7. The van der Waals surface area contributed by atoms with Crippen molar-refractivity contribution in [3.05, 3.63) is 55.8 Å². The van der Waals surface area contributed by atoms with E-state index in [0.717, 1.165) is 22.3 Å². The van der Waals surface area contributed by atoms with Crippen LogP contribution in [0.3, 0.4) is 0 Å². The van der Waals surface area contributed by atoms with Gasteiger partial charge in [0.2, 0.25) is 5.01 Å². The standard InChI is InChI=1S/C21H21NO7S/c1-4-27-21(25)19-22-13(11-30-19)10-28-18(23)8-7-16-12(2)15-6-5-14(26-3)9-17(15)29-20(16)24/h5-6,9,11H,4,7-8,10H2,1-3H3. The maximum Gasteiger partial charge on any atom is 0.367 e. The van der Waals surface area contributed by atoms with Gasteiger partial charge in [-0.15, -0.1) is 11.3 Å². The second-order valence-electron chi connectivity index (χ2n) is 6.38. The van der Waals surface area contributed by atoms with Crippen LogP contribution in [0.4, 0.5) is 0 Å². The molecular formula is C21H21NO7S. The minimum absolute atomic E-state index is 0.0160. The third kappa shape index (κ3) is 4.85. The normalized spacial score (nSPS) is 10.8. The van der Waals surface area contributed by atoms with Crippen molar-refractivity contribution in [3.8, 4) is 5.75 Å². The number of fused-ring (bicyclic) bond motifs is 1. The Hall–Kier alpha value is -3.20. The maximum absolute atomic E-state index is 12.4. The van der Waals surface area contributed by atoms with Crippen LogP contribution in [-0.4, -0.2) is 30.6 Å². The highest BCUT2D eigenvalue weighted by atomic mass is 32.1. The first-order valence-corrected chi connectivity index (χ1v) is 10.2. The molecule has 0 fully saturated rings. The monoisotopic (exact) mass is 431 g/mol. The molecule has 158 valence electrons. The Bertz CT molecular complexity index is 1130. The van der Waals surface area contributed by atoms with E-state index in [4.69, 9.17) is 18.6 Å². The summed E-state index contributed by atoms with van der Waals surface area (Å²) in [4.78, 5) is 40.2. The lowest BCUT2D eigenvalue weighted by Crippen LogP contribution is -2.14. The molecular weight excluding hydrogens is 410 g/mol. The molecule has 0 aliphatic heterocycles. The topological polar surface area (TPSA) is 105 Å². The Labute approximate surface area is 176 Å². The van der Waals surface area contributed by atoms with Crippen molar-refractivity contribution in [1.29, 1.82) is 0 Å². The number of nitrogens with zero attached hydrogens (tertiary/aromatic N) is 1. The van der Waals surface area contributed by atoms with Crippen molar-refractivity contribution in [2.75, 3.05) is 13.7 Å². The number of carbonyl (C=O) groups excluding carboxylic acids is 2. The molecule has 2 heterocycles. The number of methoxy groups -OCH3 is 1. The van der Waals surface area contributed by atoms with Crippen LogP contribution < -0.4 is 10.4 Å². The summed E-state index contributed by atoms with van der Waals surface area (Å²) in [5, 5.41) is 2.63. The summed E-state index contributed by atoms with van der Waals surface area (Å²) < 4.78 is 20.6. The number of hydrogen-bond donors (Lipinski definition) is 0. The molecule has 0 atom stereocenters. The molecule has 9 heteroatoms. The van der Waals surface area contributed by atoms with E-state index in [1.807, 2.05) is 13.0 Å². The number of aromatic nitrogens is 1. The number of thiazole rings is 1. The Balaban J connectivity index is 1.61. The van der Waals surface area contributed by atoms with E-state index < -0.39 is 17.6 Å². The Morgan fingerprint density at radius 3 is 2.77 bits per heavy atom. The fourth-order valence-corrected chi connectivity index (χ4v) is 3.60. The molecule has 2 aromatic heterocycles. The fraction of sp³-hybridized carbons (Fsp3) is 0.333. The third-order valence-electron chi connectivity index (χ3n) is 4.46. The van der Waals surface area contributed by atoms with Crippen molar-refractivity contribution in [1.82, 2.24) is 4.98 Å². The lowest BCUT2D eigenvalue weighted by Gasteiger charge is -2.09. The van der Waals surface area contributed by atoms with E-state index in [9.17, 15) is 14.4 Å². The number of carbonyl (C=O) groups is 2. The van der Waals surface area contributed by atoms with Crippen LogP contribution in [0.15, 0.2) is 32.8 Å². The third-order valence-corrected chi connectivity index (χ3v) is 5.33. The average Bonchev–Trinajstić information content (AvgIpc) is 3.21. The van der Waals surface area contributed by atoms with E-state index in [1.54, 1.807) is 24.4 Å². The van der Waals surface area contributed by atoms with Gasteiger partial charge in [0.05, 0.1) is 19.4 Å². The van der Waals surface area contributed by atoms with Gasteiger partial charge in [-0.3, -0.25) is 4.79 Å². The second-order valence-corrected chi connectivity index (χ2v) is 7.24. The SMILES string of the molecule is CCOC(=O)c1nc(COC(=O)CCc2c(C)c3ccc(OC)cc3oc2=O)cs1. The summed E-state index contributed by atoms with van der Waals surface area (Å²) in [5.74, 6) is -0.389. The number of hydrogen-bond acceptors (Lipinski definition) is 9. The van der Waals surface area contributed by atoms with E-state index in [0.29, 0.717) is 22.6 Å². The lowest BCUT2D eigenvalue weighted by molar-refractivity contribution is -0.145. The molecule has 0 bridgehead atoms. The van der Waals surface area contributed by atoms with Crippen LogP contribution in [-0.2, 0) is 27.3 Å². The van der Waals surface area contributed by atoms with Crippen LogP contribution in [0.25, 0.3) is 11.0 Å². The summed E-state index contributed by atoms with van der Waals surface area (Å²) >= 11 is 1.13. The molecule has 3 rings (SSSR count). The highest BCUT2D eigenvalue weighted by Gasteiger charge is 2.16. The lowest BCUT2D eigenvalue weighted by atomic mass is 10.0. The molecule has 0 aliphatic rings. The zero-order valence-electron chi connectivity index (χ0n) is 16.9. The first-order chi connectivity index (χ1) is 14.4. The van der Waals surface area contributed by atoms with Gasteiger partial charge in [-0.05, 0) is 38.0 Å². The van der Waals surface area contributed by atoms with Crippen LogP contribution in [0, 0.1) is 6.92 Å². The molecule has 0 amide bonds. The largest absolute Gasteiger partial charge is 0.497 e. The Kier molecular flexibility index (Phi) is 6.83. The molecule has 3 aromatic rings. The average molecular weight is 431 g/mol. The number of rotatable bonds is 8. The molecule has 0 radical (unpaired) electrons. The highest BCUT2D eigenvalue weighted by molar-refractivity contribution is 7.11. The molecule has 0 unspecified atom stereocenters. The van der Waals surface area contributed by atoms with E-state index in [1.165, 1.54) is 7.11 Å². The molecule has 30 heavy (non-hydrogen) atoms. The van der Waals surface area contributed by atoms with Gasteiger partial charge in [-0.2, -0.15) is 0 Å². The Morgan fingerprint density at radius 2 is 2.03 bits per heavy atom. The van der Waals surface area contributed by atoms with Crippen molar-refractivity contribution in [2.45, 2.75) is 33.3 Å². The summed E-state index contributed by atoms with van der Waals surface area (Å²) in [6.07, 6.45) is 0.211. The first-order valence-electron chi connectivity index (χ1n) is 9.30. The molecule has 0 aliphatic carbocycles. The summed E-state index contributed by atoms with van der Waals surface area (Å²) in [5.41, 5.74) is 1.61. The molecule has 8 nitrogen and oxygen atoms in total. The van der Waals surface area contributed by atoms with Gasteiger partial charge in [0.15, 0.2) is 0 Å². The summed E-state index contributed by atoms with van der Waals surface area (Å²) in [6, 6.07) is 5.25. The molecule has 1 aromatic carbocycles. The van der Waals surface area contributed by atoms with Crippen molar-refractivity contribution >= 4 is 34.2 Å². The van der Waals surface area contributed by atoms with Crippen LogP contribution >= 0.6 is 11.3 Å². The number of benzene rings is 1. The first kappa shape index (κ1) is 21.5. The predicted octanol–water partition coefficient (Wildman–Crippen LogP) is 3.42. The molecule has 0 N–H and O–H groups in total. The maximum atomic E-state index is 12.4. The van der Waals surface area contributed by atoms with Crippen molar-refractivity contribution in [2.24, 2.45) is 0 Å². The van der Waals surface area contributed by atoms with Crippen molar-refractivity contribution in [3.63, 3.8) is 0 Å². The minimum atomic E-state index is -0.504. The second kappa shape index (κ2) is 9.53. The number of aryl methyl sites for hydroxylation is 1. The van der Waals surface area contributed by atoms with E-state index in [2.05, 4.69) is 4.98 Å². The van der Waals surface area contributed by atoms with Crippen molar-refractivity contribution < 1.29 is 28.2 Å². The minimum Gasteiger partial charge on any atom is -0.497 e. The molecule has 0 saturated heterocycles. The van der Waals surface area contributed by atoms with Gasteiger partial charge in [0, 0.05) is 28.8 Å². The van der Waals surface area contributed by atoms with E-state index in [-0.39, 0.29) is 31.1 Å². The van der Waals surface area contributed by atoms with E-state index >= 15 is 0 Å². The van der Waals surface area contributed by atoms with Crippen LogP contribution in [0.5, 0.6) is 5.75 Å². The van der Waals surface area contributed by atoms with Gasteiger partial charge in [0.1, 0.15) is 17.9 Å². The molecule has 0 saturated carbocycles. The van der Waals surface area contributed by atoms with Gasteiger partial charge in [0.25, 0.3) is 0 Å². The highest BCUT2D eigenvalue weighted by Crippen LogP contribution is 2.24. The Morgan fingerprint density at radius 1 is 1.23 bits per heavy atom. The van der Waals surface area contributed by atoms with Crippen LogP contribution in [0.1, 0.15) is 40.0 Å². The zero-order chi connectivity index (χ0) is 21.7. The predicted molar refractivity (Wildman–Crippen MR) is 110 cm³/mol. The van der Waals surface area contributed by atoms with Crippen LogP contribution in [0.2, 0.25) is 0 Å². The van der Waals surface area contributed by atoms with Gasteiger partial charge < -0.3 is 18.6 Å². The summed E-state index contributed by atoms with van der Waals surface area (Å²) in [6.45, 7) is 3.74. The van der Waals surface area contributed by atoms with Gasteiger partial charge >= 0.3 is 17.6 Å². The molecule has 0 spiro atoms. The number of esters is 2. The number of ether oxygens (including phenoxy) is 3. The smallest absolute Gasteiger partial charge is 0.367 e.